The summed E-state index contributed by atoms with van der Waals surface area (Å²) in [6, 6.07) is 7.24. The van der Waals surface area contributed by atoms with Crippen LogP contribution in [0.25, 0.3) is 11.0 Å². The normalized spacial score (nSPS) is 10.8. The number of aromatic nitrogens is 5. The van der Waals surface area contributed by atoms with Crippen molar-refractivity contribution in [1.29, 1.82) is 0 Å². The predicted molar refractivity (Wildman–Crippen MR) is 80.4 cm³/mol. The van der Waals surface area contributed by atoms with Gasteiger partial charge in [-0.15, -0.1) is 5.10 Å². The lowest BCUT2D eigenvalue weighted by molar-refractivity contribution is -0.114. The van der Waals surface area contributed by atoms with E-state index in [1.54, 1.807) is 19.2 Å². The second-order valence-electron chi connectivity index (χ2n) is 4.94. The molecule has 0 radical (unpaired) electrons. The minimum Gasteiger partial charge on any atom is -0.326 e. The maximum Gasteiger partial charge on any atom is 0.281 e. The fourth-order valence-corrected chi connectivity index (χ4v) is 2.20. The third kappa shape index (κ3) is 2.58. The van der Waals surface area contributed by atoms with Crippen LogP contribution >= 0.6 is 0 Å². The molecule has 0 spiro atoms. The molecule has 8 nitrogen and oxygen atoms in total. The Morgan fingerprint density at radius 3 is 2.95 bits per heavy atom. The van der Waals surface area contributed by atoms with Crippen LogP contribution in [0.3, 0.4) is 0 Å². The monoisotopic (exact) mass is 298 g/mol. The zero-order valence-corrected chi connectivity index (χ0v) is 12.1. The van der Waals surface area contributed by atoms with Gasteiger partial charge in [0.25, 0.3) is 5.56 Å². The molecule has 2 heterocycles. The minimum atomic E-state index is -0.247. The number of nitrogens with one attached hydrogen (secondary N) is 1. The van der Waals surface area contributed by atoms with Gasteiger partial charge >= 0.3 is 0 Å². The van der Waals surface area contributed by atoms with Crippen molar-refractivity contribution in [2.75, 3.05) is 5.32 Å². The van der Waals surface area contributed by atoms with Gasteiger partial charge in [0.15, 0.2) is 5.65 Å². The lowest BCUT2D eigenvalue weighted by atomic mass is 10.2. The van der Waals surface area contributed by atoms with Crippen molar-refractivity contribution < 1.29 is 4.79 Å². The van der Waals surface area contributed by atoms with Gasteiger partial charge in [0.2, 0.25) is 5.91 Å². The summed E-state index contributed by atoms with van der Waals surface area (Å²) in [5.74, 6) is -0.147. The number of amides is 1. The maximum atomic E-state index is 12.3. The first kappa shape index (κ1) is 13.9. The Labute approximate surface area is 125 Å². The highest BCUT2D eigenvalue weighted by atomic mass is 16.1. The van der Waals surface area contributed by atoms with Gasteiger partial charge in [-0.25, -0.2) is 9.36 Å². The molecule has 0 saturated heterocycles. The van der Waals surface area contributed by atoms with Crippen LogP contribution in [-0.4, -0.2) is 30.7 Å². The fraction of sp³-hybridized carbons (Fsp3) is 0.214. The van der Waals surface area contributed by atoms with Gasteiger partial charge in [-0.3, -0.25) is 9.59 Å². The summed E-state index contributed by atoms with van der Waals surface area (Å²) in [5.41, 5.74) is 1.72. The highest BCUT2D eigenvalue weighted by Crippen LogP contribution is 2.11. The molecule has 1 N–H and O–H groups in total. The van der Waals surface area contributed by atoms with Crippen LogP contribution in [0.2, 0.25) is 0 Å². The van der Waals surface area contributed by atoms with E-state index in [2.05, 4.69) is 20.7 Å². The largest absolute Gasteiger partial charge is 0.326 e. The van der Waals surface area contributed by atoms with Gasteiger partial charge in [0.05, 0.1) is 12.7 Å². The summed E-state index contributed by atoms with van der Waals surface area (Å²) in [5, 5.41) is 15.1. The molecule has 0 unspecified atom stereocenters. The Morgan fingerprint density at radius 2 is 2.18 bits per heavy atom. The van der Waals surface area contributed by atoms with E-state index in [4.69, 9.17) is 0 Å². The summed E-state index contributed by atoms with van der Waals surface area (Å²) in [6.07, 6.45) is 1.48. The van der Waals surface area contributed by atoms with Crippen molar-refractivity contribution in [3.8, 4) is 0 Å². The highest BCUT2D eigenvalue weighted by Gasteiger charge is 2.10. The van der Waals surface area contributed by atoms with Crippen LogP contribution in [-0.2, 0) is 18.4 Å². The lowest BCUT2D eigenvalue weighted by Crippen LogP contribution is -2.24. The van der Waals surface area contributed by atoms with Crippen LogP contribution in [0.15, 0.2) is 35.3 Å². The molecule has 22 heavy (non-hydrogen) atoms. The van der Waals surface area contributed by atoms with E-state index in [0.29, 0.717) is 16.7 Å². The Morgan fingerprint density at radius 1 is 1.36 bits per heavy atom. The Bertz CT molecular complexity index is 911. The summed E-state index contributed by atoms with van der Waals surface area (Å²) in [6.45, 7) is 1.71. The maximum absolute atomic E-state index is 12.3. The summed E-state index contributed by atoms with van der Waals surface area (Å²) in [7, 11) is 1.71. The number of fused-ring (bicyclic) bond motifs is 1. The highest BCUT2D eigenvalue weighted by molar-refractivity contribution is 5.88. The molecule has 8 heteroatoms. The molecule has 0 aliphatic rings. The molecule has 0 aliphatic heterocycles. The van der Waals surface area contributed by atoms with Gasteiger partial charge in [-0.1, -0.05) is 17.3 Å². The number of hydrogen-bond acceptors (Lipinski definition) is 5. The van der Waals surface area contributed by atoms with Crippen LogP contribution in [0.4, 0.5) is 5.69 Å². The second kappa shape index (κ2) is 5.40. The number of carbonyl (C=O) groups excluding carboxylic acids is 1. The zero-order chi connectivity index (χ0) is 15.7. The topological polar surface area (TPSA) is 94.7 Å². The average molecular weight is 298 g/mol. The van der Waals surface area contributed by atoms with E-state index >= 15 is 0 Å². The molecule has 3 aromatic rings. The molecule has 112 valence electrons. The van der Waals surface area contributed by atoms with Gasteiger partial charge in [-0.2, -0.15) is 5.10 Å². The van der Waals surface area contributed by atoms with Gasteiger partial charge < -0.3 is 5.32 Å². The Balaban J connectivity index is 1.95. The molecular weight excluding hydrogens is 284 g/mol. The SMILES string of the molecule is CC(=O)Nc1cccc(Cn2nnc3c(cnn3C)c2=O)c1. The molecule has 0 atom stereocenters. The Hall–Kier alpha value is -3.03. The molecule has 1 aromatic carbocycles. The second-order valence-corrected chi connectivity index (χ2v) is 4.94. The van der Waals surface area contributed by atoms with E-state index in [0.717, 1.165) is 5.56 Å². The van der Waals surface area contributed by atoms with Crippen molar-refractivity contribution in [2.45, 2.75) is 13.5 Å². The van der Waals surface area contributed by atoms with Crippen molar-refractivity contribution in [3.05, 3.63) is 46.4 Å². The van der Waals surface area contributed by atoms with Crippen molar-refractivity contribution in [1.82, 2.24) is 24.8 Å². The first-order valence-electron chi connectivity index (χ1n) is 6.66. The minimum absolute atomic E-state index is 0.147. The number of benzene rings is 1. The molecule has 0 bridgehead atoms. The third-order valence-electron chi connectivity index (χ3n) is 3.20. The first-order chi connectivity index (χ1) is 10.5. The molecule has 2 aromatic heterocycles. The van der Waals surface area contributed by atoms with Crippen LogP contribution in [0, 0.1) is 0 Å². The molecule has 1 amide bonds. The Kier molecular flexibility index (Phi) is 3.42. The zero-order valence-electron chi connectivity index (χ0n) is 12.1. The number of aryl methyl sites for hydroxylation is 1. The van der Waals surface area contributed by atoms with E-state index in [1.807, 2.05) is 12.1 Å². The van der Waals surface area contributed by atoms with Crippen molar-refractivity contribution >= 4 is 22.6 Å². The number of rotatable bonds is 3. The molecule has 0 saturated carbocycles. The van der Waals surface area contributed by atoms with E-state index in [9.17, 15) is 9.59 Å². The summed E-state index contributed by atoms with van der Waals surface area (Å²) < 4.78 is 2.78. The van der Waals surface area contributed by atoms with Gasteiger partial charge in [-0.05, 0) is 17.7 Å². The fourth-order valence-electron chi connectivity index (χ4n) is 2.20. The summed E-state index contributed by atoms with van der Waals surface area (Å²) in [4.78, 5) is 23.4. The van der Waals surface area contributed by atoms with Gasteiger partial charge in [0.1, 0.15) is 5.39 Å². The van der Waals surface area contributed by atoms with Crippen molar-refractivity contribution in [3.63, 3.8) is 0 Å². The molecule has 0 aliphatic carbocycles. The van der Waals surface area contributed by atoms with Crippen LogP contribution in [0.5, 0.6) is 0 Å². The number of nitrogens with zero attached hydrogens (tertiary/aromatic N) is 5. The molecule has 3 rings (SSSR count). The standard InChI is InChI=1S/C14H14N6O2/c1-9(21)16-11-5-3-4-10(6-11)8-20-14(22)12-7-15-19(2)13(12)17-18-20/h3-7H,8H2,1-2H3,(H,16,21). The van der Waals surface area contributed by atoms with Gasteiger partial charge in [0, 0.05) is 19.7 Å². The summed E-state index contributed by atoms with van der Waals surface area (Å²) >= 11 is 0. The number of hydrogen-bond donors (Lipinski definition) is 1. The smallest absolute Gasteiger partial charge is 0.281 e. The number of carbonyl (C=O) groups is 1. The van der Waals surface area contributed by atoms with E-state index in [1.165, 1.54) is 22.5 Å². The van der Waals surface area contributed by atoms with Crippen LogP contribution in [0.1, 0.15) is 12.5 Å². The lowest BCUT2D eigenvalue weighted by Gasteiger charge is -2.07. The molecular formula is C14H14N6O2. The molecule has 0 fully saturated rings. The predicted octanol–water partition coefficient (Wildman–Crippen LogP) is 0.532. The van der Waals surface area contributed by atoms with E-state index in [-0.39, 0.29) is 18.0 Å². The average Bonchev–Trinajstić information content (AvgIpc) is 2.84. The number of anilines is 1. The third-order valence-corrected chi connectivity index (χ3v) is 3.20. The van der Waals surface area contributed by atoms with E-state index < -0.39 is 0 Å². The van der Waals surface area contributed by atoms with Crippen LogP contribution < -0.4 is 10.9 Å². The quantitative estimate of drug-likeness (QED) is 0.761. The van der Waals surface area contributed by atoms with Crippen molar-refractivity contribution in [2.24, 2.45) is 7.05 Å². The first-order valence-corrected chi connectivity index (χ1v) is 6.66.